The zero-order chi connectivity index (χ0) is 14.3. The highest BCUT2D eigenvalue weighted by Crippen LogP contribution is 2.26. The summed E-state index contributed by atoms with van der Waals surface area (Å²) in [6.45, 7) is 9.67. The SMILES string of the molecule is CCCC(C)(CNCC)CN(C)c1ccc(F)cc1. The zero-order valence-electron chi connectivity index (χ0n) is 12.7. The van der Waals surface area contributed by atoms with Gasteiger partial charge in [0.25, 0.3) is 0 Å². The molecule has 3 heteroatoms. The summed E-state index contributed by atoms with van der Waals surface area (Å²) in [6, 6.07) is 6.73. The van der Waals surface area contributed by atoms with Crippen LogP contribution in [-0.2, 0) is 0 Å². The van der Waals surface area contributed by atoms with E-state index in [2.05, 4.69) is 38.0 Å². The van der Waals surface area contributed by atoms with Gasteiger partial charge in [-0.15, -0.1) is 0 Å². The number of hydrogen-bond acceptors (Lipinski definition) is 2. The first kappa shape index (κ1) is 16.0. The first-order valence-corrected chi connectivity index (χ1v) is 7.18. The molecule has 1 aromatic carbocycles. The molecule has 1 unspecified atom stereocenters. The van der Waals surface area contributed by atoms with Crippen molar-refractivity contribution in [2.45, 2.75) is 33.6 Å². The third-order valence-corrected chi connectivity index (χ3v) is 3.54. The molecule has 0 aromatic heterocycles. The molecule has 1 rings (SSSR count). The lowest BCUT2D eigenvalue weighted by Gasteiger charge is -2.35. The van der Waals surface area contributed by atoms with Crippen LogP contribution in [0.5, 0.6) is 0 Å². The monoisotopic (exact) mass is 266 g/mol. The van der Waals surface area contributed by atoms with Crippen molar-refractivity contribution in [2.75, 3.05) is 31.6 Å². The molecule has 0 bridgehead atoms. The van der Waals surface area contributed by atoms with Gasteiger partial charge in [-0.05, 0) is 42.6 Å². The van der Waals surface area contributed by atoms with E-state index in [0.717, 1.165) is 25.3 Å². The number of rotatable bonds is 8. The van der Waals surface area contributed by atoms with Crippen LogP contribution in [0.3, 0.4) is 0 Å². The van der Waals surface area contributed by atoms with Crippen molar-refractivity contribution in [3.63, 3.8) is 0 Å². The maximum atomic E-state index is 12.9. The van der Waals surface area contributed by atoms with Gasteiger partial charge in [0.15, 0.2) is 0 Å². The first-order chi connectivity index (χ1) is 9.00. The molecule has 0 aliphatic carbocycles. The van der Waals surface area contributed by atoms with Gasteiger partial charge >= 0.3 is 0 Å². The van der Waals surface area contributed by atoms with E-state index in [-0.39, 0.29) is 11.2 Å². The van der Waals surface area contributed by atoms with E-state index < -0.39 is 0 Å². The van der Waals surface area contributed by atoms with E-state index in [1.54, 1.807) is 0 Å². The van der Waals surface area contributed by atoms with Crippen LogP contribution >= 0.6 is 0 Å². The number of hydrogen-bond donors (Lipinski definition) is 1. The Morgan fingerprint density at radius 2 is 1.84 bits per heavy atom. The van der Waals surface area contributed by atoms with Gasteiger partial charge in [-0.3, -0.25) is 0 Å². The molecule has 108 valence electrons. The van der Waals surface area contributed by atoms with Crippen molar-refractivity contribution in [2.24, 2.45) is 5.41 Å². The lowest BCUT2D eigenvalue weighted by molar-refractivity contribution is 0.286. The fraction of sp³-hybridized carbons (Fsp3) is 0.625. The third kappa shape index (κ3) is 5.19. The second-order valence-electron chi connectivity index (χ2n) is 5.67. The Morgan fingerprint density at radius 3 is 2.37 bits per heavy atom. The molecule has 2 nitrogen and oxygen atoms in total. The molecule has 19 heavy (non-hydrogen) atoms. The largest absolute Gasteiger partial charge is 0.374 e. The van der Waals surface area contributed by atoms with Gasteiger partial charge in [0.2, 0.25) is 0 Å². The van der Waals surface area contributed by atoms with Crippen molar-refractivity contribution >= 4 is 5.69 Å². The lowest BCUT2D eigenvalue weighted by Crippen LogP contribution is -2.41. The summed E-state index contributed by atoms with van der Waals surface area (Å²) in [5.41, 5.74) is 1.31. The first-order valence-electron chi connectivity index (χ1n) is 7.18. The minimum Gasteiger partial charge on any atom is -0.374 e. The lowest BCUT2D eigenvalue weighted by atomic mass is 9.84. The van der Waals surface area contributed by atoms with Gasteiger partial charge in [0, 0.05) is 25.8 Å². The molecule has 0 aliphatic heterocycles. The Hall–Kier alpha value is -1.09. The van der Waals surface area contributed by atoms with E-state index in [0.29, 0.717) is 0 Å². The van der Waals surface area contributed by atoms with E-state index in [4.69, 9.17) is 0 Å². The molecule has 0 amide bonds. The molecule has 0 aliphatic rings. The minimum absolute atomic E-state index is 0.180. The van der Waals surface area contributed by atoms with Gasteiger partial charge in [0.05, 0.1) is 0 Å². The smallest absolute Gasteiger partial charge is 0.123 e. The molecular weight excluding hydrogens is 239 g/mol. The molecule has 1 atom stereocenters. The maximum absolute atomic E-state index is 12.9. The molecule has 0 spiro atoms. The van der Waals surface area contributed by atoms with Gasteiger partial charge < -0.3 is 10.2 Å². The predicted molar refractivity (Wildman–Crippen MR) is 81.2 cm³/mol. The van der Waals surface area contributed by atoms with Crippen LogP contribution in [0, 0.1) is 11.2 Å². The zero-order valence-corrected chi connectivity index (χ0v) is 12.7. The van der Waals surface area contributed by atoms with Crippen molar-refractivity contribution < 1.29 is 4.39 Å². The third-order valence-electron chi connectivity index (χ3n) is 3.54. The summed E-state index contributed by atoms with van der Waals surface area (Å²) in [7, 11) is 2.08. The van der Waals surface area contributed by atoms with E-state index >= 15 is 0 Å². The Bertz CT molecular complexity index is 364. The summed E-state index contributed by atoms with van der Waals surface area (Å²) in [5.74, 6) is -0.180. The maximum Gasteiger partial charge on any atom is 0.123 e. The molecule has 0 fully saturated rings. The summed E-state index contributed by atoms with van der Waals surface area (Å²) < 4.78 is 12.9. The average Bonchev–Trinajstić information content (AvgIpc) is 2.37. The Balaban J connectivity index is 2.69. The molecule has 0 heterocycles. The van der Waals surface area contributed by atoms with E-state index in [1.807, 2.05) is 12.1 Å². The van der Waals surface area contributed by atoms with Crippen LogP contribution in [0.1, 0.15) is 33.6 Å². The molecule has 0 radical (unpaired) electrons. The molecule has 1 aromatic rings. The highest BCUT2D eigenvalue weighted by atomic mass is 19.1. The second kappa shape index (κ2) is 7.49. The molecule has 0 saturated carbocycles. The van der Waals surface area contributed by atoms with Gasteiger partial charge in [-0.2, -0.15) is 0 Å². The number of halogens is 1. The van der Waals surface area contributed by atoms with Gasteiger partial charge in [-0.25, -0.2) is 4.39 Å². The highest BCUT2D eigenvalue weighted by molar-refractivity contribution is 5.45. The average molecular weight is 266 g/mol. The second-order valence-corrected chi connectivity index (χ2v) is 5.67. The summed E-state index contributed by atoms with van der Waals surface area (Å²) in [4.78, 5) is 2.21. The minimum atomic E-state index is -0.180. The van der Waals surface area contributed by atoms with E-state index in [9.17, 15) is 4.39 Å². The molecular formula is C16H27FN2. The summed E-state index contributed by atoms with van der Waals surface area (Å²) in [5, 5.41) is 3.45. The molecule has 1 N–H and O–H groups in total. The number of nitrogens with one attached hydrogen (secondary N) is 1. The van der Waals surface area contributed by atoms with Crippen LogP contribution < -0.4 is 10.2 Å². The van der Waals surface area contributed by atoms with Crippen LogP contribution in [0.25, 0.3) is 0 Å². The van der Waals surface area contributed by atoms with Crippen LogP contribution in [0.15, 0.2) is 24.3 Å². The van der Waals surface area contributed by atoms with Crippen LogP contribution in [-0.4, -0.2) is 26.7 Å². The number of nitrogens with zero attached hydrogens (tertiary/aromatic N) is 1. The van der Waals surface area contributed by atoms with Crippen molar-refractivity contribution in [3.05, 3.63) is 30.1 Å². The number of anilines is 1. The Labute approximate surface area is 117 Å². The summed E-state index contributed by atoms with van der Waals surface area (Å²) >= 11 is 0. The molecule has 0 saturated heterocycles. The Morgan fingerprint density at radius 1 is 1.21 bits per heavy atom. The topological polar surface area (TPSA) is 15.3 Å². The summed E-state index contributed by atoms with van der Waals surface area (Å²) in [6.07, 6.45) is 2.37. The predicted octanol–water partition coefficient (Wildman–Crippen LogP) is 3.68. The number of benzene rings is 1. The van der Waals surface area contributed by atoms with Crippen molar-refractivity contribution in [1.82, 2.24) is 5.32 Å². The fourth-order valence-corrected chi connectivity index (χ4v) is 2.61. The quantitative estimate of drug-likeness (QED) is 0.772. The van der Waals surface area contributed by atoms with Crippen molar-refractivity contribution in [3.8, 4) is 0 Å². The van der Waals surface area contributed by atoms with Gasteiger partial charge in [0.1, 0.15) is 5.82 Å². The Kier molecular flexibility index (Phi) is 6.29. The normalized spacial score (nSPS) is 14.2. The van der Waals surface area contributed by atoms with Crippen LogP contribution in [0.2, 0.25) is 0 Å². The van der Waals surface area contributed by atoms with E-state index in [1.165, 1.54) is 25.0 Å². The highest BCUT2D eigenvalue weighted by Gasteiger charge is 2.24. The van der Waals surface area contributed by atoms with Gasteiger partial charge in [-0.1, -0.05) is 27.2 Å². The standard InChI is InChI=1S/C16H27FN2/c1-5-11-16(3,12-18-6-2)13-19(4)15-9-7-14(17)8-10-15/h7-10,18H,5-6,11-13H2,1-4H3. The van der Waals surface area contributed by atoms with Crippen LogP contribution in [0.4, 0.5) is 10.1 Å². The fourth-order valence-electron chi connectivity index (χ4n) is 2.61. The van der Waals surface area contributed by atoms with Crippen molar-refractivity contribution in [1.29, 1.82) is 0 Å².